The van der Waals surface area contributed by atoms with Gasteiger partial charge >= 0.3 is 11.4 Å². The van der Waals surface area contributed by atoms with Crippen molar-refractivity contribution < 1.29 is 12.9 Å². The van der Waals surface area contributed by atoms with Crippen LogP contribution in [-0.2, 0) is 15.5 Å². The fourth-order valence-corrected chi connectivity index (χ4v) is 0.455. The zero-order chi connectivity index (χ0) is 7.28. The molecular formula is C4H7ClO3S. The third-order valence-corrected chi connectivity index (χ3v) is 1.03. The summed E-state index contributed by atoms with van der Waals surface area (Å²) < 4.78 is 22.1. The molecule has 0 fully saturated rings. The van der Waals surface area contributed by atoms with Gasteiger partial charge in [0.05, 0.1) is 6.61 Å². The summed E-state index contributed by atoms with van der Waals surface area (Å²) in [7, 11) is 0. The number of halogens is 1. The fourth-order valence-electron chi connectivity index (χ4n) is 0.207. The first-order valence-electron chi connectivity index (χ1n) is 2.19. The SMILES string of the molecule is CC(Cl)=CCOS(=O)O. The normalized spacial score (nSPS) is 15.7. The molecule has 0 saturated carbocycles. The number of hydrogen-bond acceptors (Lipinski definition) is 2. The highest BCUT2D eigenvalue weighted by atomic mass is 35.5. The molecule has 0 bridgehead atoms. The summed E-state index contributed by atoms with van der Waals surface area (Å²) in [5, 5.41) is 0.542. The quantitative estimate of drug-likeness (QED) is 0.650. The maximum atomic E-state index is 9.80. The van der Waals surface area contributed by atoms with Gasteiger partial charge < -0.3 is 0 Å². The van der Waals surface area contributed by atoms with Crippen molar-refractivity contribution >= 4 is 23.0 Å². The molecule has 0 aliphatic carbocycles. The molecule has 54 valence electrons. The van der Waals surface area contributed by atoms with Crippen LogP contribution in [0.15, 0.2) is 11.1 Å². The van der Waals surface area contributed by atoms with Gasteiger partial charge in [-0.15, -0.1) is 0 Å². The van der Waals surface area contributed by atoms with Gasteiger partial charge in [-0.2, -0.15) is 4.21 Å². The molecule has 0 aliphatic rings. The average molecular weight is 171 g/mol. The van der Waals surface area contributed by atoms with E-state index in [2.05, 4.69) is 4.18 Å². The standard InChI is InChI=1S/C4H7ClO3S/c1-4(5)2-3-8-9(6)7/h2H,3H2,1H3,(H,6,7). The van der Waals surface area contributed by atoms with Crippen molar-refractivity contribution in [2.45, 2.75) is 6.92 Å². The Morgan fingerprint density at radius 2 is 2.56 bits per heavy atom. The summed E-state index contributed by atoms with van der Waals surface area (Å²) >= 11 is 3.18. The lowest BCUT2D eigenvalue weighted by molar-refractivity contribution is 0.342. The van der Waals surface area contributed by atoms with Crippen molar-refractivity contribution in [2.75, 3.05) is 6.61 Å². The molecule has 1 N–H and O–H groups in total. The Labute approximate surface area is 61.1 Å². The highest BCUT2D eigenvalue weighted by Gasteiger charge is 1.88. The monoisotopic (exact) mass is 170 g/mol. The summed E-state index contributed by atoms with van der Waals surface area (Å²) in [6.45, 7) is 1.73. The van der Waals surface area contributed by atoms with Crippen LogP contribution in [-0.4, -0.2) is 15.4 Å². The molecule has 0 amide bonds. The van der Waals surface area contributed by atoms with Gasteiger partial charge in [0.1, 0.15) is 0 Å². The minimum atomic E-state index is -2.19. The van der Waals surface area contributed by atoms with Gasteiger partial charge in [0.2, 0.25) is 0 Å². The van der Waals surface area contributed by atoms with Crippen molar-refractivity contribution in [3.8, 4) is 0 Å². The predicted molar refractivity (Wildman–Crippen MR) is 36.3 cm³/mol. The van der Waals surface area contributed by atoms with E-state index in [1.54, 1.807) is 6.92 Å². The molecule has 3 nitrogen and oxygen atoms in total. The van der Waals surface area contributed by atoms with Crippen LogP contribution >= 0.6 is 11.6 Å². The second kappa shape index (κ2) is 4.93. The van der Waals surface area contributed by atoms with Crippen molar-refractivity contribution in [1.29, 1.82) is 0 Å². The molecule has 0 aromatic rings. The molecule has 0 radical (unpaired) electrons. The molecule has 0 rings (SSSR count). The van der Waals surface area contributed by atoms with Crippen LogP contribution in [0.25, 0.3) is 0 Å². The molecule has 9 heavy (non-hydrogen) atoms. The van der Waals surface area contributed by atoms with E-state index < -0.39 is 11.4 Å². The Morgan fingerprint density at radius 1 is 2.00 bits per heavy atom. The lowest BCUT2D eigenvalue weighted by atomic mass is 10.6. The fraction of sp³-hybridized carbons (Fsp3) is 0.500. The molecule has 0 heterocycles. The second-order valence-electron chi connectivity index (χ2n) is 1.29. The lowest BCUT2D eigenvalue weighted by Crippen LogP contribution is -1.93. The zero-order valence-corrected chi connectivity index (χ0v) is 6.41. The highest BCUT2D eigenvalue weighted by molar-refractivity contribution is 7.74. The average Bonchev–Trinajstić information content (AvgIpc) is 1.63. The van der Waals surface area contributed by atoms with Crippen LogP contribution in [0.2, 0.25) is 0 Å². The Hall–Kier alpha value is 0.1000. The van der Waals surface area contributed by atoms with Crippen molar-refractivity contribution in [1.82, 2.24) is 0 Å². The van der Waals surface area contributed by atoms with Gasteiger partial charge in [-0.1, -0.05) is 11.6 Å². The Bertz CT molecular complexity index is 130. The minimum absolute atomic E-state index is 0.0679. The van der Waals surface area contributed by atoms with E-state index in [9.17, 15) is 4.21 Å². The third-order valence-electron chi connectivity index (χ3n) is 0.533. The topological polar surface area (TPSA) is 46.5 Å². The van der Waals surface area contributed by atoms with Crippen LogP contribution in [0.4, 0.5) is 0 Å². The van der Waals surface area contributed by atoms with Gasteiger partial charge in [-0.05, 0) is 13.0 Å². The van der Waals surface area contributed by atoms with Crippen LogP contribution in [0, 0.1) is 0 Å². The van der Waals surface area contributed by atoms with Crippen LogP contribution in [0.5, 0.6) is 0 Å². The number of allylic oxidation sites excluding steroid dienone is 1. The molecule has 0 aromatic heterocycles. The van der Waals surface area contributed by atoms with Gasteiger partial charge in [-0.25, -0.2) is 0 Å². The molecule has 1 unspecified atom stereocenters. The summed E-state index contributed by atoms with van der Waals surface area (Å²) in [6, 6.07) is 0. The maximum absolute atomic E-state index is 9.80. The third kappa shape index (κ3) is 8.10. The molecular weight excluding hydrogens is 164 g/mol. The van der Waals surface area contributed by atoms with E-state index in [0.717, 1.165) is 0 Å². The number of rotatable bonds is 3. The summed E-state index contributed by atoms with van der Waals surface area (Å²) in [5.41, 5.74) is 0. The lowest BCUT2D eigenvalue weighted by Gasteiger charge is -1.89. The zero-order valence-electron chi connectivity index (χ0n) is 4.83. The van der Waals surface area contributed by atoms with Crippen molar-refractivity contribution in [3.63, 3.8) is 0 Å². The van der Waals surface area contributed by atoms with Gasteiger partial charge in [0.25, 0.3) is 0 Å². The summed E-state index contributed by atoms with van der Waals surface area (Å²) in [5.74, 6) is 0. The first kappa shape index (κ1) is 9.10. The van der Waals surface area contributed by atoms with Gasteiger partial charge in [-0.3, -0.25) is 8.74 Å². The largest absolute Gasteiger partial charge is 0.302 e. The highest BCUT2D eigenvalue weighted by Crippen LogP contribution is 1.96. The van der Waals surface area contributed by atoms with Gasteiger partial charge in [0, 0.05) is 5.03 Å². The summed E-state index contributed by atoms with van der Waals surface area (Å²) in [4.78, 5) is 0. The first-order valence-corrected chi connectivity index (χ1v) is 3.60. The van der Waals surface area contributed by atoms with E-state index in [-0.39, 0.29) is 6.61 Å². The van der Waals surface area contributed by atoms with E-state index in [0.29, 0.717) is 5.03 Å². The Morgan fingerprint density at radius 3 is 2.89 bits per heavy atom. The number of hydrogen-bond donors (Lipinski definition) is 1. The van der Waals surface area contributed by atoms with Crippen molar-refractivity contribution in [2.24, 2.45) is 0 Å². The molecule has 0 aromatic carbocycles. The predicted octanol–water partition coefficient (Wildman–Crippen LogP) is 1.28. The van der Waals surface area contributed by atoms with Crippen LogP contribution in [0.3, 0.4) is 0 Å². The van der Waals surface area contributed by atoms with E-state index >= 15 is 0 Å². The second-order valence-corrected chi connectivity index (χ2v) is 2.56. The first-order chi connectivity index (χ1) is 4.13. The summed E-state index contributed by atoms with van der Waals surface area (Å²) in [6.07, 6.45) is 1.50. The molecule has 0 saturated heterocycles. The molecule has 1 atom stereocenters. The van der Waals surface area contributed by atoms with Crippen molar-refractivity contribution in [3.05, 3.63) is 11.1 Å². The van der Waals surface area contributed by atoms with E-state index in [4.69, 9.17) is 16.2 Å². The van der Waals surface area contributed by atoms with E-state index in [1.807, 2.05) is 0 Å². The molecule has 5 heteroatoms. The van der Waals surface area contributed by atoms with Crippen LogP contribution < -0.4 is 0 Å². The van der Waals surface area contributed by atoms with E-state index in [1.165, 1.54) is 6.08 Å². The van der Waals surface area contributed by atoms with Gasteiger partial charge in [0.15, 0.2) is 0 Å². The Kier molecular flexibility index (Phi) is 4.99. The minimum Gasteiger partial charge on any atom is -0.284 e. The smallest absolute Gasteiger partial charge is 0.284 e. The molecule has 0 aliphatic heterocycles. The maximum Gasteiger partial charge on any atom is 0.302 e. The Balaban J connectivity index is 3.31. The van der Waals surface area contributed by atoms with Crippen LogP contribution in [0.1, 0.15) is 6.92 Å². The molecule has 0 spiro atoms.